The van der Waals surface area contributed by atoms with Crippen LogP contribution in [0.5, 0.6) is 0 Å². The van der Waals surface area contributed by atoms with Crippen LogP contribution in [0.25, 0.3) is 0 Å². The summed E-state index contributed by atoms with van der Waals surface area (Å²) < 4.78 is 11.7. The number of ketones is 1. The largest absolute Gasteiger partial charge is 0.341 e. The number of β-lactam (4-membered cyclic amide) rings is 1. The van der Waals surface area contributed by atoms with Crippen LogP contribution in [0.15, 0.2) is 42.5 Å². The van der Waals surface area contributed by atoms with E-state index in [0.717, 1.165) is 5.56 Å². The van der Waals surface area contributed by atoms with Crippen molar-refractivity contribution in [3.8, 4) is 0 Å². The Morgan fingerprint density at radius 1 is 1.21 bits per heavy atom. The second-order valence-corrected chi connectivity index (χ2v) is 6.83. The van der Waals surface area contributed by atoms with Crippen LogP contribution in [0, 0.1) is 0 Å². The maximum absolute atomic E-state index is 12.1. The molecule has 6 nitrogen and oxygen atoms in total. The number of carbonyl (C=O) groups is 2. The quantitative estimate of drug-likeness (QED) is 0.791. The molecule has 2 saturated heterocycles. The standard InChI is InChI=1S/C18H19NO5/c1-17(2)23-15-13(20)8-9-18(16(15)24-17)10-14(21)19(18)22-11-12-6-4-3-5-7-12/h3-9,15-16H,10-11H2,1-2H3/t15-,16-,18+/m1/s1. The van der Waals surface area contributed by atoms with Crippen molar-refractivity contribution in [2.24, 2.45) is 0 Å². The van der Waals surface area contributed by atoms with Gasteiger partial charge in [0, 0.05) is 0 Å². The summed E-state index contributed by atoms with van der Waals surface area (Å²) in [5.74, 6) is -1.14. The smallest absolute Gasteiger partial charge is 0.249 e. The minimum Gasteiger partial charge on any atom is -0.341 e. The number of benzene rings is 1. The van der Waals surface area contributed by atoms with Gasteiger partial charge in [-0.15, -0.1) is 0 Å². The SMILES string of the molecule is CC1(C)O[C@@H]2C(=O)C=C[C@]3(CC(=O)N3OCc3ccccc3)[C@@H]2O1. The van der Waals surface area contributed by atoms with E-state index in [2.05, 4.69) is 0 Å². The highest BCUT2D eigenvalue weighted by molar-refractivity contribution is 5.98. The molecule has 1 amide bonds. The lowest BCUT2D eigenvalue weighted by Crippen LogP contribution is -2.71. The maximum atomic E-state index is 12.1. The Balaban J connectivity index is 1.58. The van der Waals surface area contributed by atoms with Crippen LogP contribution >= 0.6 is 0 Å². The van der Waals surface area contributed by atoms with Crippen LogP contribution in [0.3, 0.4) is 0 Å². The van der Waals surface area contributed by atoms with Crippen LogP contribution in [-0.2, 0) is 30.5 Å². The van der Waals surface area contributed by atoms with Gasteiger partial charge in [0.15, 0.2) is 17.7 Å². The van der Waals surface area contributed by atoms with Gasteiger partial charge in [-0.3, -0.25) is 14.4 Å². The molecule has 0 unspecified atom stereocenters. The molecule has 0 aromatic heterocycles. The van der Waals surface area contributed by atoms with Gasteiger partial charge in [-0.25, -0.2) is 5.06 Å². The fourth-order valence-electron chi connectivity index (χ4n) is 3.53. The predicted molar refractivity (Wildman–Crippen MR) is 83.4 cm³/mol. The van der Waals surface area contributed by atoms with Gasteiger partial charge in [0.1, 0.15) is 18.2 Å². The van der Waals surface area contributed by atoms with E-state index in [0.29, 0.717) is 0 Å². The van der Waals surface area contributed by atoms with Crippen molar-refractivity contribution in [1.82, 2.24) is 5.06 Å². The average molecular weight is 329 g/mol. The topological polar surface area (TPSA) is 65.1 Å². The van der Waals surface area contributed by atoms with Crippen LogP contribution in [0.4, 0.5) is 0 Å². The molecule has 0 radical (unpaired) electrons. The van der Waals surface area contributed by atoms with E-state index in [1.165, 1.54) is 11.1 Å². The molecule has 126 valence electrons. The number of rotatable bonds is 3. The zero-order valence-electron chi connectivity index (χ0n) is 13.6. The molecule has 1 aromatic carbocycles. The summed E-state index contributed by atoms with van der Waals surface area (Å²) in [7, 11) is 0. The number of ether oxygens (including phenoxy) is 2. The Kier molecular flexibility index (Phi) is 3.38. The highest BCUT2D eigenvalue weighted by Crippen LogP contribution is 2.47. The van der Waals surface area contributed by atoms with Gasteiger partial charge < -0.3 is 9.47 Å². The van der Waals surface area contributed by atoms with E-state index in [-0.39, 0.29) is 24.7 Å². The lowest BCUT2D eigenvalue weighted by Gasteiger charge is -2.52. The molecule has 24 heavy (non-hydrogen) atoms. The summed E-state index contributed by atoms with van der Waals surface area (Å²) in [6.45, 7) is 3.81. The molecule has 0 saturated carbocycles. The van der Waals surface area contributed by atoms with Gasteiger partial charge in [0.25, 0.3) is 0 Å². The first-order valence-electron chi connectivity index (χ1n) is 8.00. The van der Waals surface area contributed by atoms with Crippen LogP contribution in [0.1, 0.15) is 25.8 Å². The molecule has 6 heteroatoms. The van der Waals surface area contributed by atoms with Gasteiger partial charge >= 0.3 is 0 Å². The first-order chi connectivity index (χ1) is 11.4. The molecule has 2 aliphatic heterocycles. The molecule has 0 bridgehead atoms. The molecule has 1 aliphatic carbocycles. The normalized spacial score (nSPS) is 33.7. The Hall–Kier alpha value is -2.02. The van der Waals surface area contributed by atoms with Crippen molar-refractivity contribution in [2.45, 2.75) is 50.4 Å². The van der Waals surface area contributed by atoms with E-state index in [1.807, 2.05) is 30.3 Å². The first kappa shape index (κ1) is 15.5. The molecule has 3 atom stereocenters. The van der Waals surface area contributed by atoms with Gasteiger partial charge in [-0.05, 0) is 31.6 Å². The molecule has 1 spiro atoms. The molecule has 2 heterocycles. The Morgan fingerprint density at radius 2 is 1.96 bits per heavy atom. The van der Waals surface area contributed by atoms with Crippen LogP contribution in [0.2, 0.25) is 0 Å². The molecular formula is C18H19NO5. The fourth-order valence-corrected chi connectivity index (χ4v) is 3.53. The van der Waals surface area contributed by atoms with E-state index in [9.17, 15) is 9.59 Å². The lowest BCUT2D eigenvalue weighted by atomic mass is 9.74. The van der Waals surface area contributed by atoms with Crippen molar-refractivity contribution < 1.29 is 23.9 Å². The number of hydrogen-bond donors (Lipinski definition) is 0. The fraction of sp³-hybridized carbons (Fsp3) is 0.444. The van der Waals surface area contributed by atoms with Crippen molar-refractivity contribution in [3.05, 3.63) is 48.0 Å². The van der Waals surface area contributed by atoms with Gasteiger partial charge in [-0.1, -0.05) is 30.3 Å². The highest BCUT2D eigenvalue weighted by atomic mass is 16.8. The minimum atomic E-state index is -0.867. The third-order valence-electron chi connectivity index (χ3n) is 4.65. The minimum absolute atomic E-state index is 0.128. The number of amides is 1. The molecule has 0 N–H and O–H groups in total. The zero-order valence-corrected chi connectivity index (χ0v) is 13.6. The Bertz CT molecular complexity index is 713. The van der Waals surface area contributed by atoms with Crippen molar-refractivity contribution in [2.75, 3.05) is 0 Å². The second-order valence-electron chi connectivity index (χ2n) is 6.83. The summed E-state index contributed by atoms with van der Waals surface area (Å²) in [6, 6.07) is 9.61. The third kappa shape index (κ3) is 2.30. The zero-order chi connectivity index (χ0) is 16.9. The molecule has 3 aliphatic rings. The number of nitrogens with zero attached hydrogens (tertiary/aromatic N) is 1. The summed E-state index contributed by atoms with van der Waals surface area (Å²) in [5.41, 5.74) is 0.182. The summed E-state index contributed by atoms with van der Waals surface area (Å²) in [5, 5.41) is 1.34. The van der Waals surface area contributed by atoms with Crippen molar-refractivity contribution in [3.63, 3.8) is 0 Å². The Morgan fingerprint density at radius 3 is 2.67 bits per heavy atom. The van der Waals surface area contributed by atoms with E-state index in [1.54, 1.807) is 19.9 Å². The highest BCUT2D eigenvalue weighted by Gasteiger charge is 2.65. The van der Waals surface area contributed by atoms with Gasteiger partial charge in [0.05, 0.1) is 6.42 Å². The molecular weight excluding hydrogens is 310 g/mol. The van der Waals surface area contributed by atoms with Crippen LogP contribution < -0.4 is 0 Å². The molecule has 4 rings (SSSR count). The van der Waals surface area contributed by atoms with Crippen molar-refractivity contribution in [1.29, 1.82) is 0 Å². The van der Waals surface area contributed by atoms with E-state index >= 15 is 0 Å². The monoisotopic (exact) mass is 329 g/mol. The predicted octanol–water partition coefficient (Wildman–Crippen LogP) is 1.75. The number of hydroxylamine groups is 2. The Labute approximate surface area is 139 Å². The van der Waals surface area contributed by atoms with Crippen LogP contribution in [-0.4, -0.2) is 40.3 Å². The van der Waals surface area contributed by atoms with Gasteiger partial charge in [0.2, 0.25) is 5.91 Å². The lowest BCUT2D eigenvalue weighted by molar-refractivity contribution is -0.275. The van der Waals surface area contributed by atoms with E-state index in [4.69, 9.17) is 14.3 Å². The summed E-state index contributed by atoms with van der Waals surface area (Å²) in [6.07, 6.45) is 2.16. The molecule has 2 fully saturated rings. The second kappa shape index (κ2) is 5.24. The summed E-state index contributed by atoms with van der Waals surface area (Å²) >= 11 is 0. The van der Waals surface area contributed by atoms with Crippen molar-refractivity contribution >= 4 is 11.7 Å². The molecule has 1 aromatic rings. The average Bonchev–Trinajstić information content (AvgIpc) is 2.88. The summed E-state index contributed by atoms with van der Waals surface area (Å²) in [4.78, 5) is 30.0. The van der Waals surface area contributed by atoms with Gasteiger partial charge in [-0.2, -0.15) is 0 Å². The first-order valence-corrected chi connectivity index (χ1v) is 8.00. The number of hydrogen-bond acceptors (Lipinski definition) is 5. The number of fused-ring (bicyclic) bond motifs is 2. The van der Waals surface area contributed by atoms with E-state index < -0.39 is 23.5 Å². The maximum Gasteiger partial charge on any atom is 0.249 e. The third-order valence-corrected chi connectivity index (χ3v) is 4.65. The number of carbonyl (C=O) groups excluding carboxylic acids is 2.